The zero-order valence-corrected chi connectivity index (χ0v) is 19.1. The Morgan fingerprint density at radius 1 is 0.971 bits per heavy atom. The van der Waals surface area contributed by atoms with Crippen LogP contribution in [0.4, 0.5) is 11.4 Å². The summed E-state index contributed by atoms with van der Waals surface area (Å²) in [6.45, 7) is -0.269. The third-order valence-electron chi connectivity index (χ3n) is 4.72. The normalized spacial score (nSPS) is 10.9. The first-order chi connectivity index (χ1) is 16.3. The van der Waals surface area contributed by atoms with Gasteiger partial charge >= 0.3 is 0 Å². The molecular weight excluding hydrogens is 462 g/mol. The number of anilines is 1. The average Bonchev–Trinajstić information content (AvgIpc) is 2.86. The molecule has 0 heterocycles. The first-order valence-corrected chi connectivity index (χ1v) is 11.6. The van der Waals surface area contributed by atoms with Gasteiger partial charge in [-0.25, -0.2) is 8.42 Å². The molecule has 10 nitrogen and oxygen atoms in total. The minimum atomic E-state index is -4.11. The van der Waals surface area contributed by atoms with Gasteiger partial charge in [0, 0.05) is 12.1 Å². The van der Waals surface area contributed by atoms with E-state index in [1.54, 1.807) is 42.5 Å². The molecular formula is C23H23N3O7S. The Bertz CT molecular complexity index is 1230. The van der Waals surface area contributed by atoms with E-state index < -0.39 is 27.4 Å². The summed E-state index contributed by atoms with van der Waals surface area (Å²) < 4.78 is 38.2. The molecule has 3 aromatic carbocycles. The highest BCUT2D eigenvalue weighted by molar-refractivity contribution is 7.92. The molecule has 1 amide bonds. The summed E-state index contributed by atoms with van der Waals surface area (Å²) in [5, 5.41) is 13.6. The SMILES string of the molecule is COc1ccccc1OCCNC(=O)CN(c1ccc([N+](=O)[O-])cc1)S(=O)(=O)c1ccccc1. The van der Waals surface area contributed by atoms with Gasteiger partial charge in [-0.05, 0) is 36.4 Å². The van der Waals surface area contributed by atoms with Gasteiger partial charge in [0.25, 0.3) is 15.7 Å². The zero-order chi connectivity index (χ0) is 24.6. The van der Waals surface area contributed by atoms with E-state index in [4.69, 9.17) is 9.47 Å². The summed E-state index contributed by atoms with van der Waals surface area (Å²) in [4.78, 5) is 23.0. The number of methoxy groups -OCH3 is 1. The Hall–Kier alpha value is -4.12. The van der Waals surface area contributed by atoms with Gasteiger partial charge in [-0.15, -0.1) is 0 Å². The van der Waals surface area contributed by atoms with E-state index in [0.29, 0.717) is 11.5 Å². The second-order valence-electron chi connectivity index (χ2n) is 6.95. The van der Waals surface area contributed by atoms with Crippen LogP contribution in [0.3, 0.4) is 0 Å². The standard InChI is InChI=1S/C23H23N3O7S/c1-32-21-9-5-6-10-22(21)33-16-15-24-23(27)17-25(18-11-13-19(14-12-18)26(28)29)34(30,31)20-7-3-2-4-8-20/h2-14H,15-17H2,1H3,(H,24,27). The number of para-hydroxylation sites is 2. The quantitative estimate of drug-likeness (QED) is 0.251. The molecule has 0 fully saturated rings. The minimum Gasteiger partial charge on any atom is -0.493 e. The molecule has 3 rings (SSSR count). The van der Waals surface area contributed by atoms with Gasteiger partial charge in [0.2, 0.25) is 5.91 Å². The molecule has 0 bridgehead atoms. The van der Waals surface area contributed by atoms with Crippen LogP contribution >= 0.6 is 0 Å². The van der Waals surface area contributed by atoms with Gasteiger partial charge in [0.15, 0.2) is 11.5 Å². The second-order valence-corrected chi connectivity index (χ2v) is 8.81. The highest BCUT2D eigenvalue weighted by Gasteiger charge is 2.27. The van der Waals surface area contributed by atoms with Crippen LogP contribution in [0.1, 0.15) is 0 Å². The van der Waals surface area contributed by atoms with E-state index in [1.165, 1.54) is 43.5 Å². The lowest BCUT2D eigenvalue weighted by atomic mass is 10.3. The first-order valence-electron chi connectivity index (χ1n) is 10.2. The number of rotatable bonds is 11. The van der Waals surface area contributed by atoms with Crippen molar-refractivity contribution in [2.75, 3.05) is 31.1 Å². The molecule has 0 radical (unpaired) electrons. The smallest absolute Gasteiger partial charge is 0.269 e. The Balaban J connectivity index is 1.72. The number of nitrogens with one attached hydrogen (secondary N) is 1. The fourth-order valence-corrected chi connectivity index (χ4v) is 4.49. The number of ether oxygens (including phenoxy) is 2. The molecule has 34 heavy (non-hydrogen) atoms. The Labute approximate surface area is 196 Å². The molecule has 0 aliphatic rings. The summed E-state index contributed by atoms with van der Waals surface area (Å²) in [5.74, 6) is 0.493. The summed E-state index contributed by atoms with van der Waals surface area (Å²) in [7, 11) is -2.59. The van der Waals surface area contributed by atoms with Crippen LogP contribution in [0.15, 0.2) is 83.8 Å². The van der Waals surface area contributed by atoms with Crippen molar-refractivity contribution in [1.82, 2.24) is 5.32 Å². The second kappa shape index (κ2) is 11.1. The maximum atomic E-state index is 13.2. The third kappa shape index (κ3) is 6.01. The van der Waals surface area contributed by atoms with Crippen molar-refractivity contribution in [2.45, 2.75) is 4.90 Å². The third-order valence-corrected chi connectivity index (χ3v) is 6.51. The largest absolute Gasteiger partial charge is 0.493 e. The number of sulfonamides is 1. The van der Waals surface area contributed by atoms with E-state index >= 15 is 0 Å². The molecule has 0 unspecified atom stereocenters. The van der Waals surface area contributed by atoms with E-state index in [0.717, 1.165) is 4.31 Å². The van der Waals surface area contributed by atoms with Crippen LogP contribution in [-0.2, 0) is 14.8 Å². The van der Waals surface area contributed by atoms with E-state index in [2.05, 4.69) is 5.32 Å². The number of carbonyl (C=O) groups is 1. The van der Waals surface area contributed by atoms with E-state index in [9.17, 15) is 23.3 Å². The van der Waals surface area contributed by atoms with Crippen molar-refractivity contribution in [3.63, 3.8) is 0 Å². The molecule has 0 saturated carbocycles. The molecule has 0 saturated heterocycles. The van der Waals surface area contributed by atoms with Crippen LogP contribution < -0.4 is 19.1 Å². The maximum Gasteiger partial charge on any atom is 0.269 e. The first kappa shape index (κ1) is 24.5. The summed E-state index contributed by atoms with van der Waals surface area (Å²) in [6.07, 6.45) is 0. The topological polar surface area (TPSA) is 128 Å². The predicted octanol–water partition coefficient (Wildman–Crippen LogP) is 2.99. The summed E-state index contributed by atoms with van der Waals surface area (Å²) in [6, 6.07) is 19.6. The lowest BCUT2D eigenvalue weighted by Crippen LogP contribution is -2.41. The van der Waals surface area contributed by atoms with Crippen molar-refractivity contribution in [3.05, 3.63) is 89.0 Å². The van der Waals surface area contributed by atoms with Crippen molar-refractivity contribution < 1.29 is 27.6 Å². The number of nitrogens with zero attached hydrogens (tertiary/aromatic N) is 2. The van der Waals surface area contributed by atoms with Gasteiger partial charge in [0.05, 0.1) is 29.2 Å². The predicted molar refractivity (Wildman–Crippen MR) is 126 cm³/mol. The average molecular weight is 486 g/mol. The molecule has 3 aromatic rings. The number of nitro groups is 1. The molecule has 0 atom stereocenters. The van der Waals surface area contributed by atoms with Gasteiger partial charge < -0.3 is 14.8 Å². The van der Waals surface area contributed by atoms with Crippen LogP contribution in [0.25, 0.3) is 0 Å². The van der Waals surface area contributed by atoms with Crippen molar-refractivity contribution in [3.8, 4) is 11.5 Å². The van der Waals surface area contributed by atoms with E-state index in [-0.39, 0.29) is 29.4 Å². The summed E-state index contributed by atoms with van der Waals surface area (Å²) >= 11 is 0. The van der Waals surface area contributed by atoms with Crippen molar-refractivity contribution in [2.24, 2.45) is 0 Å². The molecule has 1 N–H and O–H groups in total. The van der Waals surface area contributed by atoms with Gasteiger partial charge in [-0.2, -0.15) is 0 Å². The fraction of sp³-hybridized carbons (Fsp3) is 0.174. The maximum absolute atomic E-state index is 13.2. The number of carbonyl (C=O) groups excluding carboxylic acids is 1. The highest BCUT2D eigenvalue weighted by Crippen LogP contribution is 2.26. The van der Waals surface area contributed by atoms with Crippen LogP contribution in [-0.4, -0.2) is 46.1 Å². The number of amides is 1. The zero-order valence-electron chi connectivity index (χ0n) is 18.3. The lowest BCUT2D eigenvalue weighted by Gasteiger charge is -2.24. The van der Waals surface area contributed by atoms with Crippen LogP contribution in [0, 0.1) is 10.1 Å². The van der Waals surface area contributed by atoms with Crippen LogP contribution in [0.2, 0.25) is 0 Å². The van der Waals surface area contributed by atoms with Gasteiger partial charge in [0.1, 0.15) is 13.2 Å². The molecule has 0 aliphatic heterocycles. The monoisotopic (exact) mass is 485 g/mol. The molecule has 178 valence electrons. The van der Waals surface area contributed by atoms with E-state index in [1.807, 2.05) is 0 Å². The molecule has 0 aliphatic carbocycles. The van der Waals surface area contributed by atoms with Gasteiger partial charge in [-0.1, -0.05) is 30.3 Å². The molecule has 0 spiro atoms. The van der Waals surface area contributed by atoms with Crippen molar-refractivity contribution >= 4 is 27.3 Å². The Morgan fingerprint density at radius 3 is 2.21 bits per heavy atom. The van der Waals surface area contributed by atoms with Crippen molar-refractivity contribution in [1.29, 1.82) is 0 Å². The highest BCUT2D eigenvalue weighted by atomic mass is 32.2. The van der Waals surface area contributed by atoms with Crippen LogP contribution in [0.5, 0.6) is 11.5 Å². The van der Waals surface area contributed by atoms with Gasteiger partial charge in [-0.3, -0.25) is 19.2 Å². The number of non-ortho nitro benzene ring substituents is 1. The minimum absolute atomic E-state index is 0.0133. The lowest BCUT2D eigenvalue weighted by molar-refractivity contribution is -0.384. The number of nitro benzene ring substituents is 1. The Morgan fingerprint density at radius 2 is 1.59 bits per heavy atom. The number of benzene rings is 3. The number of hydrogen-bond acceptors (Lipinski definition) is 7. The Kier molecular flexibility index (Phi) is 8.04. The number of hydrogen-bond donors (Lipinski definition) is 1. The molecule has 11 heteroatoms. The fourth-order valence-electron chi connectivity index (χ4n) is 3.05. The molecule has 0 aromatic heterocycles. The summed E-state index contributed by atoms with van der Waals surface area (Å²) in [5.41, 5.74) is -0.0753.